The van der Waals surface area contributed by atoms with Gasteiger partial charge in [-0.3, -0.25) is 4.79 Å². The van der Waals surface area contributed by atoms with Crippen LogP contribution in [0.25, 0.3) is 22.5 Å². The van der Waals surface area contributed by atoms with Crippen LogP contribution in [-0.4, -0.2) is 28.0 Å². The lowest BCUT2D eigenvalue weighted by molar-refractivity contribution is -0.121. The maximum Gasteiger partial charge on any atom is 0.231 e. The van der Waals surface area contributed by atoms with Gasteiger partial charge in [0.2, 0.25) is 12.7 Å². The molecule has 6 nitrogen and oxygen atoms in total. The van der Waals surface area contributed by atoms with E-state index in [4.69, 9.17) is 14.5 Å². The van der Waals surface area contributed by atoms with Gasteiger partial charge in [-0.15, -0.1) is 0 Å². The van der Waals surface area contributed by atoms with Crippen molar-refractivity contribution in [2.45, 2.75) is 44.4 Å². The summed E-state index contributed by atoms with van der Waals surface area (Å²) in [6, 6.07) is 26.6. The fraction of sp³-hybridized carbons (Fsp3) is 0.267. The molecule has 0 radical (unpaired) electrons. The molecule has 0 saturated carbocycles. The van der Waals surface area contributed by atoms with Crippen LogP contribution in [0, 0.1) is 0 Å². The number of ether oxygens (including phenoxy) is 2. The molecular formula is C30H31N3O3S. The van der Waals surface area contributed by atoms with Gasteiger partial charge < -0.3 is 19.4 Å². The van der Waals surface area contributed by atoms with Gasteiger partial charge in [-0.25, -0.2) is 4.98 Å². The largest absolute Gasteiger partial charge is 0.454 e. The second kappa shape index (κ2) is 12.0. The van der Waals surface area contributed by atoms with E-state index in [1.54, 1.807) is 11.8 Å². The lowest BCUT2D eigenvalue weighted by Crippen LogP contribution is -2.22. The van der Waals surface area contributed by atoms with Crippen LogP contribution in [0.15, 0.2) is 84.0 Å². The Morgan fingerprint density at radius 1 is 0.946 bits per heavy atom. The van der Waals surface area contributed by atoms with Gasteiger partial charge in [0.1, 0.15) is 0 Å². The Bertz CT molecular complexity index is 1340. The first-order valence-electron chi connectivity index (χ1n) is 12.7. The van der Waals surface area contributed by atoms with Crippen molar-refractivity contribution in [3.05, 3.63) is 84.4 Å². The number of nitrogens with one attached hydrogen (secondary N) is 1. The number of carbonyl (C=O) groups is 1. The summed E-state index contributed by atoms with van der Waals surface area (Å²) in [6.45, 7) is 3.75. The molecule has 190 valence electrons. The number of hydrogen-bond acceptors (Lipinski definition) is 5. The third-order valence-corrected chi connectivity index (χ3v) is 7.36. The molecule has 0 spiro atoms. The van der Waals surface area contributed by atoms with Crippen LogP contribution >= 0.6 is 11.8 Å². The van der Waals surface area contributed by atoms with Crippen LogP contribution < -0.4 is 14.8 Å². The van der Waals surface area contributed by atoms with Gasteiger partial charge in [0.05, 0.1) is 11.4 Å². The number of imidazole rings is 1. The molecule has 2 heterocycles. The van der Waals surface area contributed by atoms with Crippen molar-refractivity contribution in [1.29, 1.82) is 0 Å². The van der Waals surface area contributed by atoms with Crippen LogP contribution in [0.2, 0.25) is 0 Å². The second-order valence-corrected chi connectivity index (χ2v) is 9.90. The lowest BCUT2D eigenvalue weighted by Gasteiger charge is -2.11. The molecule has 1 aromatic heterocycles. The van der Waals surface area contributed by atoms with Gasteiger partial charge >= 0.3 is 0 Å². The third kappa shape index (κ3) is 6.00. The van der Waals surface area contributed by atoms with E-state index in [0.717, 1.165) is 64.3 Å². The van der Waals surface area contributed by atoms with Crippen molar-refractivity contribution in [1.82, 2.24) is 14.9 Å². The number of rotatable bonds is 11. The summed E-state index contributed by atoms with van der Waals surface area (Å²) < 4.78 is 13.0. The van der Waals surface area contributed by atoms with Gasteiger partial charge in [-0.1, -0.05) is 78.5 Å². The van der Waals surface area contributed by atoms with E-state index in [2.05, 4.69) is 65.3 Å². The monoisotopic (exact) mass is 513 g/mol. The average molecular weight is 514 g/mol. The van der Waals surface area contributed by atoms with Crippen LogP contribution in [0.1, 0.15) is 31.7 Å². The van der Waals surface area contributed by atoms with Crippen LogP contribution in [0.3, 0.4) is 0 Å². The van der Waals surface area contributed by atoms with Crippen molar-refractivity contribution >= 4 is 17.7 Å². The molecule has 4 aromatic rings. The predicted molar refractivity (Wildman–Crippen MR) is 148 cm³/mol. The number of benzene rings is 3. The Kier molecular flexibility index (Phi) is 8.11. The summed E-state index contributed by atoms with van der Waals surface area (Å²) in [5, 5.41) is 4.03. The molecule has 7 heteroatoms. The van der Waals surface area contributed by atoms with Crippen LogP contribution in [-0.2, 0) is 17.9 Å². The quantitative estimate of drug-likeness (QED) is 0.182. The smallest absolute Gasteiger partial charge is 0.231 e. The van der Waals surface area contributed by atoms with E-state index >= 15 is 0 Å². The van der Waals surface area contributed by atoms with E-state index < -0.39 is 0 Å². The zero-order valence-electron chi connectivity index (χ0n) is 21.0. The highest BCUT2D eigenvalue weighted by Crippen LogP contribution is 2.36. The first-order valence-corrected chi connectivity index (χ1v) is 13.7. The fourth-order valence-electron chi connectivity index (χ4n) is 4.41. The number of hydrogen-bond donors (Lipinski definition) is 1. The third-order valence-electron chi connectivity index (χ3n) is 6.30. The SMILES string of the molecule is CCn1c(SCCCCC(=O)NCc2ccc3c(c2)OCO3)nc(-c2ccccc2)c1-c1ccccc1. The Morgan fingerprint density at radius 3 is 2.43 bits per heavy atom. The Balaban J connectivity index is 1.16. The maximum absolute atomic E-state index is 12.4. The molecule has 1 amide bonds. The lowest BCUT2D eigenvalue weighted by atomic mass is 10.0. The van der Waals surface area contributed by atoms with Crippen molar-refractivity contribution in [2.75, 3.05) is 12.5 Å². The highest BCUT2D eigenvalue weighted by atomic mass is 32.2. The number of amides is 1. The number of thioether (sulfide) groups is 1. The Hall–Kier alpha value is -3.71. The molecule has 1 aliphatic heterocycles. The summed E-state index contributed by atoms with van der Waals surface area (Å²) >= 11 is 1.76. The number of aromatic nitrogens is 2. The molecule has 0 unspecified atom stereocenters. The molecule has 0 aliphatic carbocycles. The Morgan fingerprint density at radius 2 is 1.68 bits per heavy atom. The molecule has 0 atom stereocenters. The number of nitrogens with zero attached hydrogens (tertiary/aromatic N) is 2. The first kappa shape index (κ1) is 25.0. The molecule has 0 saturated heterocycles. The fourth-order valence-corrected chi connectivity index (χ4v) is 5.48. The number of unbranched alkanes of at least 4 members (excludes halogenated alkanes) is 1. The zero-order chi connectivity index (χ0) is 25.5. The van der Waals surface area contributed by atoms with E-state index in [1.165, 1.54) is 5.56 Å². The summed E-state index contributed by atoms with van der Waals surface area (Å²) in [7, 11) is 0. The van der Waals surface area contributed by atoms with E-state index in [9.17, 15) is 4.79 Å². The first-order chi connectivity index (χ1) is 18.2. The molecule has 0 fully saturated rings. The average Bonchev–Trinajstić information content (AvgIpc) is 3.57. The number of carbonyl (C=O) groups excluding carboxylic acids is 1. The minimum atomic E-state index is 0.0652. The predicted octanol–water partition coefficient (Wildman–Crippen LogP) is 6.54. The van der Waals surface area contributed by atoms with Crippen molar-refractivity contribution in [3.8, 4) is 34.0 Å². The molecular weight excluding hydrogens is 482 g/mol. The van der Waals surface area contributed by atoms with Gasteiger partial charge in [0, 0.05) is 36.4 Å². The van der Waals surface area contributed by atoms with Gasteiger partial charge in [0.25, 0.3) is 0 Å². The second-order valence-electron chi connectivity index (χ2n) is 8.84. The highest BCUT2D eigenvalue weighted by Gasteiger charge is 2.19. The highest BCUT2D eigenvalue weighted by molar-refractivity contribution is 7.99. The molecule has 1 aliphatic rings. The molecule has 0 bridgehead atoms. The van der Waals surface area contributed by atoms with Gasteiger partial charge in [-0.05, 0) is 37.5 Å². The van der Waals surface area contributed by atoms with Crippen molar-refractivity contribution in [2.24, 2.45) is 0 Å². The van der Waals surface area contributed by atoms with Gasteiger partial charge in [0.15, 0.2) is 16.7 Å². The summed E-state index contributed by atoms with van der Waals surface area (Å²) in [5.74, 6) is 2.47. The number of fused-ring (bicyclic) bond motifs is 1. The van der Waals surface area contributed by atoms with Crippen molar-refractivity contribution < 1.29 is 14.3 Å². The Labute approximate surface area is 222 Å². The van der Waals surface area contributed by atoms with Gasteiger partial charge in [-0.2, -0.15) is 0 Å². The topological polar surface area (TPSA) is 65.4 Å². The molecule has 37 heavy (non-hydrogen) atoms. The van der Waals surface area contributed by atoms with Crippen LogP contribution in [0.4, 0.5) is 0 Å². The summed E-state index contributed by atoms with van der Waals surface area (Å²) in [4.78, 5) is 17.4. The molecule has 3 aromatic carbocycles. The molecule has 1 N–H and O–H groups in total. The standard InChI is InChI=1S/C30H31N3O3S/c1-2-33-29(24-13-7-4-8-14-24)28(23-11-5-3-6-12-23)32-30(33)37-18-10-9-15-27(34)31-20-22-16-17-25-26(19-22)36-21-35-25/h3-8,11-14,16-17,19H,2,9-10,15,18,20-21H2,1H3,(H,31,34). The van der Waals surface area contributed by atoms with E-state index in [0.29, 0.717) is 13.0 Å². The van der Waals surface area contributed by atoms with Crippen molar-refractivity contribution in [3.63, 3.8) is 0 Å². The summed E-state index contributed by atoms with van der Waals surface area (Å²) in [5.41, 5.74) is 5.46. The normalized spacial score (nSPS) is 12.0. The zero-order valence-corrected chi connectivity index (χ0v) is 21.8. The van der Waals surface area contributed by atoms with E-state index in [-0.39, 0.29) is 12.7 Å². The van der Waals surface area contributed by atoms with E-state index in [1.807, 2.05) is 30.3 Å². The minimum absolute atomic E-state index is 0.0652. The molecule has 5 rings (SSSR count). The summed E-state index contributed by atoms with van der Waals surface area (Å²) in [6.07, 6.45) is 2.29. The minimum Gasteiger partial charge on any atom is -0.454 e. The maximum atomic E-state index is 12.4. The van der Waals surface area contributed by atoms with Crippen LogP contribution in [0.5, 0.6) is 11.5 Å².